The van der Waals surface area contributed by atoms with Gasteiger partial charge in [0, 0.05) is 0 Å². The third-order valence-electron chi connectivity index (χ3n) is 1.86. The van der Waals surface area contributed by atoms with E-state index >= 15 is 0 Å². The summed E-state index contributed by atoms with van der Waals surface area (Å²) in [4.78, 5) is 11.2. The van der Waals surface area contributed by atoms with Crippen LogP contribution in [0.25, 0.3) is 0 Å². The Morgan fingerprint density at radius 3 is 2.67 bits per heavy atom. The number of ether oxygens (including phenoxy) is 1. The van der Waals surface area contributed by atoms with Crippen molar-refractivity contribution in [3.63, 3.8) is 0 Å². The molecule has 0 bridgehead atoms. The molecule has 0 amide bonds. The molecule has 1 aromatic rings. The highest BCUT2D eigenvalue weighted by Gasteiger charge is 2.06. The minimum absolute atomic E-state index is 0.105. The maximum absolute atomic E-state index is 11.2. The Labute approximate surface area is 88.1 Å². The van der Waals surface area contributed by atoms with Crippen LogP contribution in [0.15, 0.2) is 18.2 Å². The van der Waals surface area contributed by atoms with Gasteiger partial charge < -0.3 is 14.9 Å². The summed E-state index contributed by atoms with van der Waals surface area (Å²) >= 11 is 0. The van der Waals surface area contributed by atoms with E-state index in [0.29, 0.717) is 12.2 Å². The number of phenols is 2. The maximum atomic E-state index is 11.2. The van der Waals surface area contributed by atoms with Gasteiger partial charge in [-0.1, -0.05) is 13.0 Å². The molecule has 0 heterocycles. The minimum Gasteiger partial charge on any atom is -0.504 e. The van der Waals surface area contributed by atoms with E-state index in [4.69, 9.17) is 9.84 Å². The molecule has 0 aliphatic carbocycles. The lowest BCUT2D eigenvalue weighted by molar-refractivity contribution is -0.142. The zero-order valence-corrected chi connectivity index (χ0v) is 8.56. The molecule has 15 heavy (non-hydrogen) atoms. The second-order valence-electron chi connectivity index (χ2n) is 3.22. The molecular formula is C11H14O4. The fraction of sp³-hybridized carbons (Fsp3) is 0.364. The van der Waals surface area contributed by atoms with Crippen molar-refractivity contribution in [2.24, 2.45) is 0 Å². The number of phenolic OH excluding ortho intramolecular Hbond substituents is 2. The van der Waals surface area contributed by atoms with Gasteiger partial charge in [-0.15, -0.1) is 0 Å². The van der Waals surface area contributed by atoms with E-state index in [1.807, 2.05) is 6.92 Å². The van der Waals surface area contributed by atoms with Crippen molar-refractivity contribution in [3.05, 3.63) is 23.8 Å². The third kappa shape index (κ3) is 3.50. The molecule has 2 N–H and O–H groups in total. The zero-order chi connectivity index (χ0) is 11.3. The van der Waals surface area contributed by atoms with Gasteiger partial charge in [-0.05, 0) is 24.1 Å². The van der Waals surface area contributed by atoms with Gasteiger partial charge in [0.2, 0.25) is 0 Å². The molecule has 0 saturated carbocycles. The summed E-state index contributed by atoms with van der Waals surface area (Å²) in [6, 6.07) is 4.27. The van der Waals surface area contributed by atoms with Crippen molar-refractivity contribution >= 4 is 5.97 Å². The topological polar surface area (TPSA) is 66.8 Å². The van der Waals surface area contributed by atoms with E-state index in [-0.39, 0.29) is 23.9 Å². The summed E-state index contributed by atoms with van der Waals surface area (Å²) in [5, 5.41) is 18.2. The van der Waals surface area contributed by atoms with Gasteiger partial charge in [0.25, 0.3) is 0 Å². The van der Waals surface area contributed by atoms with Gasteiger partial charge in [-0.3, -0.25) is 4.79 Å². The second-order valence-corrected chi connectivity index (χ2v) is 3.22. The van der Waals surface area contributed by atoms with Gasteiger partial charge >= 0.3 is 5.97 Å². The molecule has 0 aromatic heterocycles. The smallest absolute Gasteiger partial charge is 0.310 e. The molecule has 1 rings (SSSR count). The van der Waals surface area contributed by atoms with Crippen LogP contribution >= 0.6 is 0 Å². The molecule has 4 nitrogen and oxygen atoms in total. The highest BCUT2D eigenvalue weighted by atomic mass is 16.5. The lowest BCUT2D eigenvalue weighted by atomic mass is 10.1. The van der Waals surface area contributed by atoms with Crippen LogP contribution in [-0.2, 0) is 16.0 Å². The monoisotopic (exact) mass is 210 g/mol. The van der Waals surface area contributed by atoms with Crippen molar-refractivity contribution in [3.8, 4) is 11.5 Å². The van der Waals surface area contributed by atoms with Gasteiger partial charge in [0.1, 0.15) is 0 Å². The Kier molecular flexibility index (Phi) is 3.97. The largest absolute Gasteiger partial charge is 0.504 e. The first kappa shape index (κ1) is 11.4. The minimum atomic E-state index is -0.332. The van der Waals surface area contributed by atoms with E-state index in [1.54, 1.807) is 6.07 Å². The van der Waals surface area contributed by atoms with E-state index in [0.717, 1.165) is 6.42 Å². The van der Waals surface area contributed by atoms with Gasteiger partial charge in [0.05, 0.1) is 13.0 Å². The van der Waals surface area contributed by atoms with Crippen molar-refractivity contribution in [2.45, 2.75) is 19.8 Å². The Morgan fingerprint density at radius 2 is 2.07 bits per heavy atom. The van der Waals surface area contributed by atoms with Crippen LogP contribution in [0, 0.1) is 0 Å². The molecule has 0 aliphatic heterocycles. The van der Waals surface area contributed by atoms with Crippen molar-refractivity contribution < 1.29 is 19.7 Å². The number of rotatable bonds is 4. The first-order valence-electron chi connectivity index (χ1n) is 4.80. The quantitative estimate of drug-likeness (QED) is 0.585. The molecule has 0 spiro atoms. The molecule has 0 radical (unpaired) electrons. The van der Waals surface area contributed by atoms with Gasteiger partial charge in [-0.25, -0.2) is 0 Å². The molecule has 0 atom stereocenters. The van der Waals surface area contributed by atoms with Crippen LogP contribution in [0.1, 0.15) is 18.9 Å². The van der Waals surface area contributed by atoms with E-state index in [2.05, 4.69) is 0 Å². The average molecular weight is 210 g/mol. The van der Waals surface area contributed by atoms with Crippen LogP contribution in [-0.4, -0.2) is 22.8 Å². The van der Waals surface area contributed by atoms with Crippen molar-refractivity contribution in [1.82, 2.24) is 0 Å². The number of hydrogen-bond acceptors (Lipinski definition) is 4. The van der Waals surface area contributed by atoms with Gasteiger partial charge in [-0.2, -0.15) is 0 Å². The lowest BCUT2D eigenvalue weighted by Gasteiger charge is -2.04. The number of esters is 1. The summed E-state index contributed by atoms with van der Waals surface area (Å²) < 4.78 is 4.88. The van der Waals surface area contributed by atoms with Gasteiger partial charge in [0.15, 0.2) is 11.5 Å². The summed E-state index contributed by atoms with van der Waals surface area (Å²) in [6.07, 6.45) is 0.889. The van der Waals surface area contributed by atoms with Crippen LogP contribution in [0.4, 0.5) is 0 Å². The first-order valence-corrected chi connectivity index (χ1v) is 4.80. The molecule has 0 fully saturated rings. The fourth-order valence-corrected chi connectivity index (χ4v) is 1.11. The molecule has 0 unspecified atom stereocenters. The Bertz CT molecular complexity index is 346. The standard InChI is InChI=1S/C11H14O4/c1-2-5-15-11(14)7-8-3-4-9(12)10(13)6-8/h3-4,6,12-13H,2,5,7H2,1H3. The lowest BCUT2D eigenvalue weighted by Crippen LogP contribution is -2.08. The summed E-state index contributed by atoms with van der Waals surface area (Å²) in [6.45, 7) is 2.32. The van der Waals surface area contributed by atoms with E-state index in [1.165, 1.54) is 12.1 Å². The SMILES string of the molecule is CCCOC(=O)Cc1ccc(O)c(O)c1. The number of benzene rings is 1. The number of hydrogen-bond donors (Lipinski definition) is 2. The van der Waals surface area contributed by atoms with Crippen molar-refractivity contribution in [1.29, 1.82) is 0 Å². The van der Waals surface area contributed by atoms with Crippen LogP contribution in [0.5, 0.6) is 11.5 Å². The Balaban J connectivity index is 2.57. The van der Waals surface area contributed by atoms with Crippen LogP contribution in [0.2, 0.25) is 0 Å². The molecule has 82 valence electrons. The highest BCUT2D eigenvalue weighted by Crippen LogP contribution is 2.25. The van der Waals surface area contributed by atoms with Crippen LogP contribution < -0.4 is 0 Å². The summed E-state index contributed by atoms with van der Waals surface area (Å²) in [7, 11) is 0. The molecule has 0 aliphatic rings. The predicted molar refractivity (Wildman–Crippen MR) is 54.7 cm³/mol. The zero-order valence-electron chi connectivity index (χ0n) is 8.56. The predicted octanol–water partition coefficient (Wildman–Crippen LogP) is 1.59. The number of aromatic hydroxyl groups is 2. The average Bonchev–Trinajstić information content (AvgIpc) is 2.20. The Morgan fingerprint density at radius 1 is 1.33 bits per heavy atom. The third-order valence-corrected chi connectivity index (χ3v) is 1.86. The van der Waals surface area contributed by atoms with E-state index < -0.39 is 0 Å². The normalized spacial score (nSPS) is 9.93. The molecular weight excluding hydrogens is 196 g/mol. The summed E-state index contributed by atoms with van der Waals surface area (Å²) in [5.74, 6) is -0.751. The van der Waals surface area contributed by atoms with E-state index in [9.17, 15) is 9.90 Å². The molecule has 4 heteroatoms. The second kappa shape index (κ2) is 5.24. The highest BCUT2D eigenvalue weighted by molar-refractivity contribution is 5.72. The number of carbonyl (C=O) groups is 1. The van der Waals surface area contributed by atoms with Crippen LogP contribution in [0.3, 0.4) is 0 Å². The Hall–Kier alpha value is -1.71. The fourth-order valence-electron chi connectivity index (χ4n) is 1.11. The summed E-state index contributed by atoms with van der Waals surface area (Å²) in [5.41, 5.74) is 0.617. The maximum Gasteiger partial charge on any atom is 0.310 e. The molecule has 0 saturated heterocycles. The molecule has 1 aromatic carbocycles. The van der Waals surface area contributed by atoms with Crippen molar-refractivity contribution in [2.75, 3.05) is 6.61 Å². The number of carbonyl (C=O) groups excluding carboxylic acids is 1. The first-order chi connectivity index (χ1) is 7.13.